The molecule has 2 heteroatoms. The van der Waals surface area contributed by atoms with E-state index in [4.69, 9.17) is 4.84 Å². The van der Waals surface area contributed by atoms with Gasteiger partial charge in [0.2, 0.25) is 0 Å². The third-order valence-electron chi connectivity index (χ3n) is 1.18. The van der Waals surface area contributed by atoms with Crippen molar-refractivity contribution in [2.24, 2.45) is 0 Å². The second kappa shape index (κ2) is 1.80. The van der Waals surface area contributed by atoms with Crippen LogP contribution in [0.25, 0.3) is 0 Å². The molecule has 0 bridgehead atoms. The zero-order valence-electron chi connectivity index (χ0n) is 4.85. The maximum atomic E-state index is 4.99. The van der Waals surface area contributed by atoms with Gasteiger partial charge < -0.3 is 0 Å². The molecule has 0 N–H and O–H groups in total. The Labute approximate surface area is 44.0 Å². The van der Waals surface area contributed by atoms with E-state index in [1.807, 2.05) is 12.1 Å². The van der Waals surface area contributed by atoms with Crippen LogP contribution in [0.2, 0.25) is 0 Å². The molecule has 0 aliphatic carbocycles. The van der Waals surface area contributed by atoms with Crippen LogP contribution in [0, 0.1) is 0 Å². The summed E-state index contributed by atoms with van der Waals surface area (Å²) < 4.78 is 0. The molecule has 2 nitrogen and oxygen atoms in total. The van der Waals surface area contributed by atoms with Crippen molar-refractivity contribution in [2.75, 3.05) is 7.05 Å². The summed E-state index contributed by atoms with van der Waals surface area (Å²) in [5, 5.41) is 1.88. The Hall–Kier alpha value is -0.0800. The minimum atomic E-state index is 0.449. The Morgan fingerprint density at radius 3 is 2.43 bits per heavy atom. The van der Waals surface area contributed by atoms with Gasteiger partial charge in [0.25, 0.3) is 0 Å². The third-order valence-corrected chi connectivity index (χ3v) is 1.18. The quantitative estimate of drug-likeness (QED) is 0.482. The average Bonchev–Trinajstić information content (AvgIpc) is 2.22. The number of nitrogens with zero attached hydrogens (tertiary/aromatic N) is 1. The van der Waals surface area contributed by atoms with Crippen molar-refractivity contribution in [1.82, 2.24) is 5.06 Å². The molecule has 0 saturated carbocycles. The van der Waals surface area contributed by atoms with Crippen molar-refractivity contribution >= 4 is 0 Å². The smallest absolute Gasteiger partial charge is 0.154 e. The second-order valence-electron chi connectivity index (χ2n) is 1.89. The maximum Gasteiger partial charge on any atom is 0.154 e. The SMILES string of the molecule is CCC[C@@H]1ON1C. The van der Waals surface area contributed by atoms with E-state index < -0.39 is 0 Å². The molecule has 1 saturated heterocycles. The molecule has 1 fully saturated rings. The predicted octanol–water partition coefficient (Wildman–Crippen LogP) is 0.990. The van der Waals surface area contributed by atoms with Gasteiger partial charge in [-0.3, -0.25) is 4.84 Å². The van der Waals surface area contributed by atoms with Crippen LogP contribution < -0.4 is 0 Å². The molecule has 1 unspecified atom stereocenters. The Morgan fingerprint density at radius 1 is 1.71 bits per heavy atom. The van der Waals surface area contributed by atoms with E-state index in [1.54, 1.807) is 0 Å². The van der Waals surface area contributed by atoms with Crippen LogP contribution in [0.1, 0.15) is 19.8 Å². The van der Waals surface area contributed by atoms with Crippen LogP contribution in [0.15, 0.2) is 0 Å². The van der Waals surface area contributed by atoms with Crippen LogP contribution in [-0.2, 0) is 4.84 Å². The minimum Gasteiger partial charge on any atom is -0.275 e. The van der Waals surface area contributed by atoms with Crippen LogP contribution in [-0.4, -0.2) is 18.3 Å². The zero-order chi connectivity index (χ0) is 5.28. The first-order valence-corrected chi connectivity index (χ1v) is 2.74. The first-order valence-electron chi connectivity index (χ1n) is 2.74. The fourth-order valence-electron chi connectivity index (χ4n) is 0.646. The second-order valence-corrected chi connectivity index (χ2v) is 1.89. The monoisotopic (exact) mass is 101 g/mol. The van der Waals surface area contributed by atoms with Crippen molar-refractivity contribution in [3.8, 4) is 0 Å². The number of hydrogen-bond acceptors (Lipinski definition) is 2. The Kier molecular flexibility index (Phi) is 1.30. The topological polar surface area (TPSA) is 15.5 Å². The molecule has 1 heterocycles. The molecule has 0 aromatic heterocycles. The molecule has 0 spiro atoms. The fourth-order valence-corrected chi connectivity index (χ4v) is 0.646. The summed E-state index contributed by atoms with van der Waals surface area (Å²) >= 11 is 0. The standard InChI is InChI=1S/C5H11NO/c1-3-4-5-6(2)7-5/h5H,3-4H2,1-2H3/t5-,6?/m0/s1. The lowest BCUT2D eigenvalue weighted by Gasteiger charge is -1.81. The van der Waals surface area contributed by atoms with Crippen LogP contribution >= 0.6 is 0 Å². The molecular formula is C5H11NO. The summed E-state index contributed by atoms with van der Waals surface area (Å²) in [6.07, 6.45) is 2.84. The van der Waals surface area contributed by atoms with Gasteiger partial charge in [0.1, 0.15) is 0 Å². The highest BCUT2D eigenvalue weighted by Gasteiger charge is 2.30. The van der Waals surface area contributed by atoms with Crippen LogP contribution in [0.4, 0.5) is 0 Å². The van der Waals surface area contributed by atoms with Gasteiger partial charge in [0.15, 0.2) is 6.23 Å². The molecule has 1 aliphatic rings. The van der Waals surface area contributed by atoms with E-state index in [2.05, 4.69) is 6.92 Å². The average molecular weight is 101 g/mol. The van der Waals surface area contributed by atoms with Gasteiger partial charge in [-0.15, -0.1) is 0 Å². The van der Waals surface area contributed by atoms with Gasteiger partial charge in [-0.1, -0.05) is 13.3 Å². The number of hydrogen-bond donors (Lipinski definition) is 0. The van der Waals surface area contributed by atoms with Gasteiger partial charge in [-0.2, -0.15) is 5.06 Å². The Balaban J connectivity index is 1.98. The first kappa shape index (κ1) is 5.06. The number of hydroxylamine groups is 2. The third kappa shape index (κ3) is 1.14. The number of rotatable bonds is 2. The summed E-state index contributed by atoms with van der Waals surface area (Å²) in [4.78, 5) is 4.99. The molecule has 0 amide bonds. The summed E-state index contributed by atoms with van der Waals surface area (Å²) in [5.74, 6) is 0. The summed E-state index contributed by atoms with van der Waals surface area (Å²) in [5.41, 5.74) is 0. The van der Waals surface area contributed by atoms with E-state index in [0.29, 0.717) is 6.23 Å². The van der Waals surface area contributed by atoms with E-state index >= 15 is 0 Å². The molecule has 7 heavy (non-hydrogen) atoms. The normalized spacial score (nSPS) is 38.6. The van der Waals surface area contributed by atoms with E-state index in [1.165, 1.54) is 12.8 Å². The van der Waals surface area contributed by atoms with Crippen molar-refractivity contribution in [3.05, 3.63) is 0 Å². The van der Waals surface area contributed by atoms with Crippen molar-refractivity contribution in [1.29, 1.82) is 0 Å². The molecular weight excluding hydrogens is 90.1 g/mol. The predicted molar refractivity (Wildman–Crippen MR) is 27.5 cm³/mol. The highest BCUT2D eigenvalue weighted by Crippen LogP contribution is 2.20. The lowest BCUT2D eigenvalue weighted by Crippen LogP contribution is -1.91. The zero-order valence-corrected chi connectivity index (χ0v) is 4.85. The largest absolute Gasteiger partial charge is 0.275 e. The molecule has 0 radical (unpaired) electrons. The minimum absolute atomic E-state index is 0.449. The van der Waals surface area contributed by atoms with Crippen LogP contribution in [0.5, 0.6) is 0 Å². The van der Waals surface area contributed by atoms with Crippen molar-refractivity contribution < 1.29 is 4.84 Å². The van der Waals surface area contributed by atoms with Crippen molar-refractivity contribution in [3.63, 3.8) is 0 Å². The maximum absolute atomic E-state index is 4.99. The van der Waals surface area contributed by atoms with Crippen molar-refractivity contribution in [2.45, 2.75) is 26.0 Å². The Bertz CT molecular complexity index is 65.1. The summed E-state index contributed by atoms with van der Waals surface area (Å²) in [6.45, 7) is 2.16. The summed E-state index contributed by atoms with van der Waals surface area (Å²) in [6, 6.07) is 0. The van der Waals surface area contributed by atoms with Crippen LogP contribution in [0.3, 0.4) is 0 Å². The molecule has 1 aliphatic heterocycles. The fraction of sp³-hybridized carbons (Fsp3) is 1.00. The molecule has 0 aromatic rings. The van der Waals surface area contributed by atoms with Gasteiger partial charge in [0.05, 0.1) is 0 Å². The molecule has 42 valence electrons. The lowest BCUT2D eigenvalue weighted by molar-refractivity contribution is 0.232. The van der Waals surface area contributed by atoms with Gasteiger partial charge in [-0.05, 0) is 6.42 Å². The summed E-state index contributed by atoms with van der Waals surface area (Å²) in [7, 11) is 1.96. The van der Waals surface area contributed by atoms with E-state index in [0.717, 1.165) is 0 Å². The molecule has 2 atom stereocenters. The highest BCUT2D eigenvalue weighted by molar-refractivity contribution is 4.58. The molecule has 1 rings (SSSR count). The van der Waals surface area contributed by atoms with Gasteiger partial charge in [0, 0.05) is 7.05 Å². The van der Waals surface area contributed by atoms with E-state index in [-0.39, 0.29) is 0 Å². The van der Waals surface area contributed by atoms with Gasteiger partial charge >= 0.3 is 0 Å². The van der Waals surface area contributed by atoms with Gasteiger partial charge in [-0.25, -0.2) is 0 Å². The van der Waals surface area contributed by atoms with E-state index in [9.17, 15) is 0 Å². The Morgan fingerprint density at radius 2 is 2.29 bits per heavy atom. The highest BCUT2D eigenvalue weighted by atomic mass is 16.8. The first-order chi connectivity index (χ1) is 3.34. The molecule has 0 aromatic carbocycles. The lowest BCUT2D eigenvalue weighted by atomic mass is 10.3.